The second kappa shape index (κ2) is 21.3. The van der Waals surface area contributed by atoms with Crippen LogP contribution in [0.2, 0.25) is 0 Å². The van der Waals surface area contributed by atoms with Gasteiger partial charge in [-0.2, -0.15) is 0 Å². The Balaban J connectivity index is 1.23. The van der Waals surface area contributed by atoms with E-state index in [-0.39, 0.29) is 24.0 Å². The monoisotopic (exact) mass is 903 g/mol. The molecule has 5 aromatic heterocycles. The highest BCUT2D eigenvalue weighted by Gasteiger charge is 2.43. The number of fused-ring (bicyclic) bond motifs is 3. The van der Waals surface area contributed by atoms with Gasteiger partial charge in [0.15, 0.2) is 0 Å². The molecule has 0 aromatic carbocycles. The second-order valence-electron chi connectivity index (χ2n) is 17.0. The van der Waals surface area contributed by atoms with Crippen molar-refractivity contribution in [3.8, 4) is 29.3 Å². The van der Waals surface area contributed by atoms with Gasteiger partial charge in [-0.3, -0.25) is 14.5 Å². The number of hydrogen-bond acceptors (Lipinski definition) is 9. The molecule has 60 heavy (non-hydrogen) atoms. The zero-order chi connectivity index (χ0) is 42.3. The molecule has 1 aliphatic heterocycles. The first kappa shape index (κ1) is 45.6. The summed E-state index contributed by atoms with van der Waals surface area (Å²) in [5.74, 6) is 0.821. The minimum atomic E-state index is -0.133. The normalized spacial score (nSPS) is 17.1. The van der Waals surface area contributed by atoms with Gasteiger partial charge >= 0.3 is 0 Å². The van der Waals surface area contributed by atoms with Crippen molar-refractivity contribution in [1.82, 2.24) is 4.90 Å². The Morgan fingerprint density at radius 2 is 1.08 bits per heavy atom. The average molecular weight is 904 g/mol. The SMILES string of the molecule is CCCCCCCCN1C(=O)c2c(-c3ccc(C)s3)sc(-c3ccc(-c4cc5c(s4)C(OCC(CC)CCCC)c4cc(C)sc4C5OCC(CC)CCCC)s3)c2C1=O. The van der Waals surface area contributed by atoms with Crippen molar-refractivity contribution in [2.75, 3.05) is 19.8 Å². The third kappa shape index (κ3) is 9.85. The fourth-order valence-electron chi connectivity index (χ4n) is 8.74. The van der Waals surface area contributed by atoms with E-state index in [0.717, 1.165) is 64.8 Å². The van der Waals surface area contributed by atoms with E-state index in [0.29, 0.717) is 29.5 Å². The number of aryl methyl sites for hydroxylation is 2. The molecular formula is C50H65NO4S5. The first-order valence-electron chi connectivity index (χ1n) is 22.9. The van der Waals surface area contributed by atoms with E-state index < -0.39 is 0 Å². The smallest absolute Gasteiger partial charge is 0.263 e. The van der Waals surface area contributed by atoms with E-state index in [1.807, 2.05) is 22.7 Å². The van der Waals surface area contributed by atoms with E-state index in [4.69, 9.17) is 9.47 Å². The van der Waals surface area contributed by atoms with E-state index in [1.165, 1.54) is 103 Å². The van der Waals surface area contributed by atoms with Gasteiger partial charge in [0.05, 0.1) is 34.1 Å². The Morgan fingerprint density at radius 1 is 0.550 bits per heavy atom. The van der Waals surface area contributed by atoms with Gasteiger partial charge in [0.2, 0.25) is 0 Å². The summed E-state index contributed by atoms with van der Waals surface area (Å²) in [4.78, 5) is 41.3. The quantitative estimate of drug-likeness (QED) is 0.0457. The highest BCUT2D eigenvalue weighted by atomic mass is 32.1. The Morgan fingerprint density at radius 3 is 1.67 bits per heavy atom. The molecule has 5 aromatic rings. The van der Waals surface area contributed by atoms with Crippen molar-refractivity contribution in [3.63, 3.8) is 0 Å². The predicted octanol–water partition coefficient (Wildman–Crippen LogP) is 16.5. The maximum absolute atomic E-state index is 14.3. The minimum absolute atomic E-state index is 0.116. The van der Waals surface area contributed by atoms with Gasteiger partial charge < -0.3 is 9.47 Å². The van der Waals surface area contributed by atoms with Crippen LogP contribution in [0.25, 0.3) is 29.3 Å². The minimum Gasteiger partial charge on any atom is -0.368 e. The Bertz CT molecular complexity index is 2140. The highest BCUT2D eigenvalue weighted by Crippen LogP contribution is 2.55. The summed E-state index contributed by atoms with van der Waals surface area (Å²) in [5.41, 5.74) is 3.72. The van der Waals surface area contributed by atoms with Gasteiger partial charge in [0.1, 0.15) is 12.2 Å². The van der Waals surface area contributed by atoms with Crippen LogP contribution < -0.4 is 0 Å². The third-order valence-electron chi connectivity index (χ3n) is 12.4. The molecule has 0 spiro atoms. The zero-order valence-corrected chi connectivity index (χ0v) is 41.0. The molecule has 0 bridgehead atoms. The maximum atomic E-state index is 14.3. The van der Waals surface area contributed by atoms with E-state index in [1.54, 1.807) is 34.0 Å². The molecule has 0 fully saturated rings. The fraction of sp³-hybridized carbons (Fsp3) is 0.560. The van der Waals surface area contributed by atoms with Crippen molar-refractivity contribution in [2.45, 2.75) is 151 Å². The molecular weight excluding hydrogens is 839 g/mol. The summed E-state index contributed by atoms with van der Waals surface area (Å²) in [6.45, 7) is 17.7. The molecule has 1 aliphatic carbocycles. The molecule has 4 unspecified atom stereocenters. The van der Waals surface area contributed by atoms with E-state index in [9.17, 15) is 9.59 Å². The molecule has 0 saturated carbocycles. The number of nitrogens with zero attached hydrogens (tertiary/aromatic N) is 1. The van der Waals surface area contributed by atoms with Crippen LogP contribution in [0.15, 0.2) is 36.4 Å². The third-order valence-corrected chi connectivity index (χ3v) is 18.6. The van der Waals surface area contributed by atoms with Crippen molar-refractivity contribution in [3.05, 3.63) is 78.2 Å². The fourth-order valence-corrected chi connectivity index (χ4v) is 14.6. The highest BCUT2D eigenvalue weighted by molar-refractivity contribution is 7.29. The lowest BCUT2D eigenvalue weighted by atomic mass is 9.92. The molecule has 0 N–H and O–H groups in total. The number of amides is 2. The van der Waals surface area contributed by atoms with Crippen LogP contribution in [0.3, 0.4) is 0 Å². The van der Waals surface area contributed by atoms with Crippen LogP contribution in [-0.4, -0.2) is 36.5 Å². The lowest BCUT2D eigenvalue weighted by Gasteiger charge is -2.31. The molecule has 10 heteroatoms. The molecule has 7 rings (SSSR count). The summed E-state index contributed by atoms with van der Waals surface area (Å²) in [5, 5.41) is 0. The summed E-state index contributed by atoms with van der Waals surface area (Å²) in [7, 11) is 0. The lowest BCUT2D eigenvalue weighted by molar-refractivity contribution is 0.0249. The number of rotatable bonds is 24. The summed E-state index contributed by atoms with van der Waals surface area (Å²) in [6, 6.07) is 13.3. The molecule has 0 saturated heterocycles. The Kier molecular flexibility index (Phi) is 16.2. The molecule has 6 heterocycles. The number of unbranched alkanes of at least 4 members (excludes halogenated alkanes) is 7. The number of hydrogen-bond donors (Lipinski definition) is 0. The number of carbonyl (C=O) groups excluding carboxylic acids is 2. The summed E-state index contributed by atoms with van der Waals surface area (Å²) in [6.07, 6.45) is 15.9. The van der Waals surface area contributed by atoms with Gasteiger partial charge in [-0.05, 0) is 81.3 Å². The van der Waals surface area contributed by atoms with Gasteiger partial charge in [0, 0.05) is 56.7 Å². The molecule has 0 radical (unpaired) electrons. The van der Waals surface area contributed by atoms with Crippen molar-refractivity contribution >= 4 is 68.5 Å². The molecule has 4 atom stereocenters. The molecule has 2 amide bonds. The van der Waals surface area contributed by atoms with Gasteiger partial charge in [-0.25, -0.2) is 0 Å². The lowest BCUT2D eigenvalue weighted by Crippen LogP contribution is -2.31. The number of carbonyl (C=O) groups is 2. The first-order chi connectivity index (χ1) is 29.2. The van der Waals surface area contributed by atoms with Crippen LogP contribution >= 0.6 is 56.7 Å². The standard InChI is InChI=1S/C50H65NO4S5/c1-8-13-16-17-18-19-26-51-49(52)41-42(50(51)53)48(60-47(41)38-23-22-31(6)56-38)39-25-24-37(58-39)40-28-36-44(55-30-34(12-5)21-15-10-3)45-35(27-32(7)57-45)43(46(36)59-40)54-29-33(11-4)20-14-9-2/h22-25,27-28,33-34,43-44H,8-21,26,29-30H2,1-7H3. The topological polar surface area (TPSA) is 55.8 Å². The number of imide groups is 1. The van der Waals surface area contributed by atoms with E-state index >= 15 is 0 Å². The summed E-state index contributed by atoms with van der Waals surface area (Å²) >= 11 is 8.75. The van der Waals surface area contributed by atoms with Crippen molar-refractivity contribution in [1.29, 1.82) is 0 Å². The Labute approximate surface area is 379 Å². The molecule has 324 valence electrons. The largest absolute Gasteiger partial charge is 0.368 e. The maximum Gasteiger partial charge on any atom is 0.263 e. The Hall–Kier alpha value is -2.44. The van der Waals surface area contributed by atoms with E-state index in [2.05, 4.69) is 84.9 Å². The zero-order valence-electron chi connectivity index (χ0n) is 36.9. The summed E-state index contributed by atoms with van der Waals surface area (Å²) < 4.78 is 14.1. The van der Waals surface area contributed by atoms with Gasteiger partial charge in [0.25, 0.3) is 11.8 Å². The first-order valence-corrected chi connectivity index (χ1v) is 27.0. The van der Waals surface area contributed by atoms with Crippen LogP contribution in [-0.2, 0) is 9.47 Å². The second-order valence-corrected chi connectivity index (χ2v) is 22.7. The predicted molar refractivity (Wildman–Crippen MR) is 259 cm³/mol. The average Bonchev–Trinajstić information content (AvgIpc) is 4.11. The van der Waals surface area contributed by atoms with Gasteiger partial charge in [-0.1, -0.05) is 105 Å². The van der Waals surface area contributed by atoms with Crippen LogP contribution in [0.4, 0.5) is 0 Å². The number of ether oxygens (including phenoxy) is 2. The van der Waals surface area contributed by atoms with Gasteiger partial charge in [-0.15, -0.1) is 56.7 Å². The van der Waals surface area contributed by atoms with Crippen LogP contribution in [0.5, 0.6) is 0 Å². The number of thiophene rings is 5. The van der Waals surface area contributed by atoms with Crippen molar-refractivity contribution < 1.29 is 19.1 Å². The molecule has 2 aliphatic rings. The molecule has 5 nitrogen and oxygen atoms in total. The van der Waals surface area contributed by atoms with Crippen LogP contribution in [0.1, 0.15) is 188 Å². The van der Waals surface area contributed by atoms with Crippen molar-refractivity contribution in [2.24, 2.45) is 11.8 Å². The van der Waals surface area contributed by atoms with Crippen LogP contribution in [0, 0.1) is 25.7 Å².